The van der Waals surface area contributed by atoms with Gasteiger partial charge in [0.25, 0.3) is 5.91 Å². The van der Waals surface area contributed by atoms with Gasteiger partial charge >= 0.3 is 0 Å². The molecule has 0 bridgehead atoms. The van der Waals surface area contributed by atoms with Gasteiger partial charge < -0.3 is 15.1 Å². The summed E-state index contributed by atoms with van der Waals surface area (Å²) in [5.41, 5.74) is 2.67. The fourth-order valence-corrected chi connectivity index (χ4v) is 2.84. The summed E-state index contributed by atoms with van der Waals surface area (Å²) in [6.07, 6.45) is 0. The third-order valence-corrected chi connectivity index (χ3v) is 4.77. The highest BCUT2D eigenvalue weighted by atomic mass is 35.5. The first-order valence-electron chi connectivity index (χ1n) is 8.89. The van der Waals surface area contributed by atoms with Crippen molar-refractivity contribution in [2.45, 2.75) is 13.8 Å². The van der Waals surface area contributed by atoms with E-state index in [0.29, 0.717) is 22.0 Å². The molecule has 29 heavy (non-hydrogen) atoms. The van der Waals surface area contributed by atoms with Crippen molar-refractivity contribution in [3.05, 3.63) is 76.5 Å². The Morgan fingerprint density at radius 1 is 1.00 bits per heavy atom. The molecule has 148 valence electrons. The van der Waals surface area contributed by atoms with Gasteiger partial charge in [-0.15, -0.1) is 0 Å². The molecule has 2 aromatic carbocycles. The minimum atomic E-state index is -0.505. The predicted molar refractivity (Wildman–Crippen MR) is 111 cm³/mol. The van der Waals surface area contributed by atoms with Gasteiger partial charge in [-0.3, -0.25) is 14.4 Å². The zero-order valence-corrected chi connectivity index (χ0v) is 16.7. The minimum absolute atomic E-state index is 0.0256. The number of hydrogen-bond donors (Lipinski definition) is 2. The van der Waals surface area contributed by atoms with Crippen molar-refractivity contribution >= 4 is 34.9 Å². The van der Waals surface area contributed by atoms with Crippen LogP contribution in [-0.2, 0) is 4.79 Å². The van der Waals surface area contributed by atoms with Gasteiger partial charge in [-0.25, -0.2) is 0 Å². The van der Waals surface area contributed by atoms with E-state index in [1.54, 1.807) is 55.5 Å². The smallest absolute Gasteiger partial charge is 0.287 e. The first-order valence-corrected chi connectivity index (χ1v) is 9.27. The van der Waals surface area contributed by atoms with E-state index in [1.165, 1.54) is 13.0 Å². The molecule has 3 aromatic rings. The molecule has 0 saturated carbocycles. The normalized spacial score (nSPS) is 10.4. The third-order valence-electron chi connectivity index (χ3n) is 4.36. The molecule has 3 rings (SSSR count). The quantitative estimate of drug-likeness (QED) is 0.586. The molecule has 0 radical (unpaired) electrons. The van der Waals surface area contributed by atoms with Crippen molar-refractivity contribution in [2.75, 3.05) is 11.9 Å². The Bertz CT molecular complexity index is 1070. The van der Waals surface area contributed by atoms with Crippen molar-refractivity contribution in [2.24, 2.45) is 0 Å². The first-order chi connectivity index (χ1) is 13.8. The van der Waals surface area contributed by atoms with Crippen molar-refractivity contribution in [1.29, 1.82) is 0 Å². The number of carbonyl (C=O) groups is 3. The van der Waals surface area contributed by atoms with E-state index >= 15 is 0 Å². The summed E-state index contributed by atoms with van der Waals surface area (Å²) in [4.78, 5) is 35.7. The van der Waals surface area contributed by atoms with Gasteiger partial charge in [0.15, 0.2) is 11.5 Å². The maximum Gasteiger partial charge on any atom is 0.287 e. The first kappa shape index (κ1) is 20.4. The Morgan fingerprint density at radius 3 is 2.41 bits per heavy atom. The SMILES string of the molecule is CC(=O)c1ccc(-c2ccc(C(=O)NCC(=O)Nc3cccc(Cl)c3C)o2)cc1. The summed E-state index contributed by atoms with van der Waals surface area (Å²) in [7, 11) is 0. The summed E-state index contributed by atoms with van der Waals surface area (Å²) < 4.78 is 5.57. The predicted octanol–water partition coefficient (Wildman–Crippen LogP) is 4.48. The number of Topliss-reactive ketones (excluding diaryl/α,β-unsaturated/α-hetero) is 1. The second kappa shape index (κ2) is 8.75. The molecule has 0 aliphatic heterocycles. The molecule has 2 N–H and O–H groups in total. The molecule has 2 amide bonds. The Labute approximate surface area is 172 Å². The van der Waals surface area contributed by atoms with E-state index in [2.05, 4.69) is 10.6 Å². The van der Waals surface area contributed by atoms with Crippen molar-refractivity contribution in [1.82, 2.24) is 5.32 Å². The monoisotopic (exact) mass is 410 g/mol. The van der Waals surface area contributed by atoms with Gasteiger partial charge in [0.2, 0.25) is 5.91 Å². The number of carbonyl (C=O) groups excluding carboxylic acids is 3. The van der Waals surface area contributed by atoms with Crippen LogP contribution in [-0.4, -0.2) is 24.1 Å². The lowest BCUT2D eigenvalue weighted by atomic mass is 10.1. The van der Waals surface area contributed by atoms with Crippen LogP contribution in [0.15, 0.2) is 59.0 Å². The van der Waals surface area contributed by atoms with Crippen LogP contribution in [0.25, 0.3) is 11.3 Å². The summed E-state index contributed by atoms with van der Waals surface area (Å²) in [6.45, 7) is 3.08. The highest BCUT2D eigenvalue weighted by molar-refractivity contribution is 6.31. The third kappa shape index (κ3) is 4.92. The molecule has 6 nitrogen and oxygen atoms in total. The molecule has 1 aromatic heterocycles. The van der Waals surface area contributed by atoms with Crippen LogP contribution in [0, 0.1) is 6.92 Å². The lowest BCUT2D eigenvalue weighted by Crippen LogP contribution is -2.32. The molecule has 1 heterocycles. The second-order valence-electron chi connectivity index (χ2n) is 6.44. The standard InChI is InChI=1S/C22H19ClN2O4/c1-13-17(23)4-3-5-18(13)25-21(27)12-24-22(28)20-11-10-19(29-20)16-8-6-15(7-9-16)14(2)26/h3-11H,12H2,1-2H3,(H,24,28)(H,25,27). The number of furan rings is 1. The van der Waals surface area contributed by atoms with Crippen LogP contribution in [0.1, 0.15) is 33.4 Å². The molecule has 0 fully saturated rings. The van der Waals surface area contributed by atoms with Crippen molar-refractivity contribution < 1.29 is 18.8 Å². The lowest BCUT2D eigenvalue weighted by molar-refractivity contribution is -0.115. The number of anilines is 1. The molecule has 0 unspecified atom stereocenters. The van der Waals surface area contributed by atoms with Crippen LogP contribution in [0.5, 0.6) is 0 Å². The Hall–Kier alpha value is -3.38. The fraction of sp³-hybridized carbons (Fsp3) is 0.136. The molecule has 0 saturated heterocycles. The summed E-state index contributed by atoms with van der Waals surface area (Å²) in [6, 6.07) is 15.3. The van der Waals surface area contributed by atoms with Gasteiger partial charge in [0.1, 0.15) is 5.76 Å². The Morgan fingerprint density at radius 2 is 1.72 bits per heavy atom. The van der Waals surface area contributed by atoms with E-state index in [4.69, 9.17) is 16.0 Å². The number of hydrogen-bond acceptors (Lipinski definition) is 4. The molecule has 0 spiro atoms. The van der Waals surface area contributed by atoms with Crippen LogP contribution in [0.3, 0.4) is 0 Å². The van der Waals surface area contributed by atoms with E-state index in [9.17, 15) is 14.4 Å². The zero-order chi connectivity index (χ0) is 21.0. The van der Waals surface area contributed by atoms with Crippen LogP contribution < -0.4 is 10.6 Å². The Balaban J connectivity index is 1.59. The van der Waals surface area contributed by atoms with E-state index in [1.807, 2.05) is 0 Å². The average molecular weight is 411 g/mol. The number of ketones is 1. The van der Waals surface area contributed by atoms with Gasteiger partial charge in [0.05, 0.1) is 6.54 Å². The minimum Gasteiger partial charge on any atom is -0.451 e. The van der Waals surface area contributed by atoms with Gasteiger partial charge in [-0.1, -0.05) is 41.9 Å². The maximum absolute atomic E-state index is 12.3. The molecule has 0 aliphatic rings. The molecular formula is C22H19ClN2O4. The molecule has 7 heteroatoms. The highest BCUT2D eigenvalue weighted by Crippen LogP contribution is 2.24. The maximum atomic E-state index is 12.3. The fourth-order valence-electron chi connectivity index (χ4n) is 2.67. The number of rotatable bonds is 6. The second-order valence-corrected chi connectivity index (χ2v) is 6.85. The average Bonchev–Trinajstić information content (AvgIpc) is 3.20. The van der Waals surface area contributed by atoms with Crippen molar-refractivity contribution in [3.8, 4) is 11.3 Å². The Kier molecular flexibility index (Phi) is 6.14. The number of benzene rings is 2. The van der Waals surface area contributed by atoms with Gasteiger partial charge in [-0.2, -0.15) is 0 Å². The topological polar surface area (TPSA) is 88.4 Å². The summed E-state index contributed by atoms with van der Waals surface area (Å²) in [5.74, 6) is -0.334. The zero-order valence-electron chi connectivity index (χ0n) is 15.9. The molecule has 0 aliphatic carbocycles. The van der Waals surface area contributed by atoms with Crippen molar-refractivity contribution in [3.63, 3.8) is 0 Å². The summed E-state index contributed by atoms with van der Waals surface area (Å²) in [5, 5.41) is 5.77. The summed E-state index contributed by atoms with van der Waals surface area (Å²) >= 11 is 6.03. The van der Waals surface area contributed by atoms with Gasteiger partial charge in [0, 0.05) is 21.8 Å². The van der Waals surface area contributed by atoms with Crippen LogP contribution >= 0.6 is 11.6 Å². The number of amides is 2. The van der Waals surface area contributed by atoms with Crippen LogP contribution in [0.4, 0.5) is 5.69 Å². The number of halogens is 1. The van der Waals surface area contributed by atoms with E-state index in [0.717, 1.165) is 11.1 Å². The van der Waals surface area contributed by atoms with E-state index < -0.39 is 5.91 Å². The van der Waals surface area contributed by atoms with Crippen LogP contribution in [0.2, 0.25) is 5.02 Å². The highest BCUT2D eigenvalue weighted by Gasteiger charge is 2.14. The largest absolute Gasteiger partial charge is 0.451 e. The number of nitrogens with one attached hydrogen (secondary N) is 2. The molecular weight excluding hydrogens is 392 g/mol. The molecule has 0 atom stereocenters. The van der Waals surface area contributed by atoms with Gasteiger partial charge in [-0.05, 0) is 43.7 Å². The lowest BCUT2D eigenvalue weighted by Gasteiger charge is -2.09. The van der Waals surface area contributed by atoms with E-state index in [-0.39, 0.29) is 24.0 Å².